The van der Waals surface area contributed by atoms with Crippen LogP contribution in [0.15, 0.2) is 36.9 Å². The van der Waals surface area contributed by atoms with Crippen molar-refractivity contribution in [3.05, 3.63) is 36.9 Å². The highest BCUT2D eigenvalue weighted by Gasteiger charge is 2.27. The molecule has 32 heavy (non-hydrogen) atoms. The number of ether oxygens (including phenoxy) is 1. The van der Waals surface area contributed by atoms with E-state index in [1.807, 2.05) is 24.1 Å². The van der Waals surface area contributed by atoms with Gasteiger partial charge in [0.05, 0.1) is 24.8 Å². The van der Waals surface area contributed by atoms with Crippen LogP contribution >= 0.6 is 0 Å². The predicted octanol–water partition coefficient (Wildman–Crippen LogP) is 3.57. The molecule has 0 amide bonds. The first kappa shape index (κ1) is 19.7. The summed E-state index contributed by atoms with van der Waals surface area (Å²) in [5, 5.41) is 10.3. The van der Waals surface area contributed by atoms with E-state index in [2.05, 4.69) is 48.5 Å². The van der Waals surface area contributed by atoms with Gasteiger partial charge in [-0.2, -0.15) is 5.10 Å². The van der Waals surface area contributed by atoms with Crippen LogP contribution in [0.3, 0.4) is 0 Å². The predicted molar refractivity (Wildman–Crippen MR) is 126 cm³/mol. The van der Waals surface area contributed by atoms with Crippen molar-refractivity contribution in [2.24, 2.45) is 7.05 Å². The van der Waals surface area contributed by atoms with Gasteiger partial charge in [-0.25, -0.2) is 9.97 Å². The average molecular weight is 432 g/mol. The highest BCUT2D eigenvalue weighted by molar-refractivity contribution is 6.12. The molecule has 0 unspecified atom stereocenters. The number of morpholine rings is 1. The molecular formula is C24H29N7O. The third-order valence-corrected chi connectivity index (χ3v) is 7.03. The number of nitrogens with one attached hydrogen (secondary N) is 2. The van der Waals surface area contributed by atoms with Crippen LogP contribution in [0.4, 0.5) is 5.82 Å². The summed E-state index contributed by atoms with van der Waals surface area (Å²) in [4.78, 5) is 15.2. The second kappa shape index (κ2) is 8.18. The van der Waals surface area contributed by atoms with E-state index in [9.17, 15) is 0 Å². The maximum Gasteiger partial charge on any atom is 0.143 e. The van der Waals surface area contributed by atoms with Gasteiger partial charge in [0.15, 0.2) is 0 Å². The van der Waals surface area contributed by atoms with Gasteiger partial charge in [-0.3, -0.25) is 9.58 Å². The lowest BCUT2D eigenvalue weighted by Gasteiger charge is -2.39. The smallest absolute Gasteiger partial charge is 0.143 e. The zero-order valence-electron chi connectivity index (χ0n) is 18.4. The summed E-state index contributed by atoms with van der Waals surface area (Å²) in [5.74, 6) is 0.930. The summed E-state index contributed by atoms with van der Waals surface area (Å²) in [7, 11) is 1.94. The molecule has 4 heterocycles. The number of aromatic nitrogens is 5. The number of rotatable bonds is 4. The Balaban J connectivity index is 1.26. The van der Waals surface area contributed by atoms with Crippen molar-refractivity contribution in [3.63, 3.8) is 0 Å². The Bertz CT molecular complexity index is 1230. The molecule has 1 aliphatic carbocycles. The van der Waals surface area contributed by atoms with Crippen molar-refractivity contribution in [2.75, 3.05) is 31.6 Å². The molecule has 3 aromatic heterocycles. The van der Waals surface area contributed by atoms with E-state index in [4.69, 9.17) is 4.74 Å². The molecule has 2 N–H and O–H groups in total. The van der Waals surface area contributed by atoms with Crippen molar-refractivity contribution in [2.45, 2.75) is 37.8 Å². The average Bonchev–Trinajstić information content (AvgIpc) is 3.43. The highest BCUT2D eigenvalue weighted by Crippen LogP contribution is 2.34. The van der Waals surface area contributed by atoms with Gasteiger partial charge in [-0.15, -0.1) is 0 Å². The summed E-state index contributed by atoms with van der Waals surface area (Å²) in [6.45, 7) is 3.89. The Kier molecular flexibility index (Phi) is 5.04. The van der Waals surface area contributed by atoms with Gasteiger partial charge in [0, 0.05) is 54.9 Å². The minimum atomic E-state index is 0.442. The first-order chi connectivity index (χ1) is 15.7. The van der Waals surface area contributed by atoms with Crippen LogP contribution in [0.2, 0.25) is 0 Å². The monoisotopic (exact) mass is 431 g/mol. The molecule has 8 nitrogen and oxygen atoms in total. The molecule has 0 radical (unpaired) electrons. The SMILES string of the molecule is Cn1cc(-c2ccc3[nH]c4ncnc(NC5CCC(N6CCOCC6)CC5)c4c3c2)cn1. The van der Waals surface area contributed by atoms with Crippen molar-refractivity contribution in [3.8, 4) is 11.1 Å². The van der Waals surface area contributed by atoms with E-state index in [0.717, 1.165) is 78.0 Å². The Morgan fingerprint density at radius 2 is 1.91 bits per heavy atom. The number of anilines is 1. The van der Waals surface area contributed by atoms with Crippen LogP contribution in [-0.2, 0) is 11.8 Å². The molecule has 4 aromatic rings. The molecule has 1 aliphatic heterocycles. The van der Waals surface area contributed by atoms with E-state index in [0.29, 0.717) is 12.1 Å². The van der Waals surface area contributed by atoms with Crippen molar-refractivity contribution in [1.82, 2.24) is 29.6 Å². The number of nitrogens with zero attached hydrogens (tertiary/aromatic N) is 5. The fourth-order valence-corrected chi connectivity index (χ4v) is 5.30. The molecule has 1 saturated carbocycles. The maximum atomic E-state index is 5.52. The zero-order valence-corrected chi connectivity index (χ0v) is 18.4. The summed E-state index contributed by atoms with van der Waals surface area (Å²) in [5.41, 5.74) is 4.21. The van der Waals surface area contributed by atoms with Crippen LogP contribution in [-0.4, -0.2) is 68.0 Å². The first-order valence-electron chi connectivity index (χ1n) is 11.6. The molecule has 166 valence electrons. The molecule has 2 aliphatic rings. The third-order valence-electron chi connectivity index (χ3n) is 7.03. The maximum absolute atomic E-state index is 5.52. The Labute approximate surface area is 187 Å². The van der Waals surface area contributed by atoms with Gasteiger partial charge in [-0.1, -0.05) is 6.07 Å². The summed E-state index contributed by atoms with van der Waals surface area (Å²) >= 11 is 0. The van der Waals surface area contributed by atoms with Gasteiger partial charge in [0.25, 0.3) is 0 Å². The van der Waals surface area contributed by atoms with E-state index in [1.165, 1.54) is 12.8 Å². The molecule has 6 rings (SSSR count). The quantitative estimate of drug-likeness (QED) is 0.514. The van der Waals surface area contributed by atoms with Crippen LogP contribution in [0.5, 0.6) is 0 Å². The number of benzene rings is 1. The minimum absolute atomic E-state index is 0.442. The summed E-state index contributed by atoms with van der Waals surface area (Å²) in [6, 6.07) is 7.60. The molecule has 8 heteroatoms. The van der Waals surface area contributed by atoms with Crippen molar-refractivity contribution < 1.29 is 4.74 Å². The van der Waals surface area contributed by atoms with Gasteiger partial charge < -0.3 is 15.0 Å². The van der Waals surface area contributed by atoms with E-state index in [1.54, 1.807) is 6.33 Å². The summed E-state index contributed by atoms with van der Waals surface area (Å²) < 4.78 is 7.35. The van der Waals surface area contributed by atoms with E-state index in [-0.39, 0.29) is 0 Å². The lowest BCUT2D eigenvalue weighted by molar-refractivity contribution is 0.00791. The van der Waals surface area contributed by atoms with Gasteiger partial charge in [0.1, 0.15) is 17.8 Å². The third kappa shape index (κ3) is 3.63. The lowest BCUT2D eigenvalue weighted by atomic mass is 9.90. The van der Waals surface area contributed by atoms with Gasteiger partial charge in [-0.05, 0) is 43.4 Å². The topological polar surface area (TPSA) is 83.9 Å². The Morgan fingerprint density at radius 3 is 2.69 bits per heavy atom. The molecule has 1 saturated heterocycles. The highest BCUT2D eigenvalue weighted by atomic mass is 16.5. The Morgan fingerprint density at radius 1 is 1.06 bits per heavy atom. The van der Waals surface area contributed by atoms with E-state index >= 15 is 0 Å². The van der Waals surface area contributed by atoms with Gasteiger partial charge >= 0.3 is 0 Å². The number of aryl methyl sites for hydroxylation is 1. The Hall–Kier alpha value is -2.97. The lowest BCUT2D eigenvalue weighted by Crippen LogP contribution is -2.46. The standard InChI is InChI=1S/C24H29N7O/c1-30-14-17(13-27-30)16-2-7-21-20(12-16)22-23(25-15-26-24(22)29-21)28-18-3-5-19(6-4-18)31-8-10-32-11-9-31/h2,7,12-15,18-19H,3-6,8-11H2,1H3,(H2,25,26,28,29). The number of hydrogen-bond acceptors (Lipinski definition) is 6. The molecule has 0 atom stereocenters. The van der Waals surface area contributed by atoms with E-state index < -0.39 is 0 Å². The number of H-pyrrole nitrogens is 1. The molecule has 0 spiro atoms. The van der Waals surface area contributed by atoms with Crippen molar-refractivity contribution in [1.29, 1.82) is 0 Å². The molecule has 1 aromatic carbocycles. The second-order valence-electron chi connectivity index (χ2n) is 9.03. The van der Waals surface area contributed by atoms with Crippen LogP contribution in [0.1, 0.15) is 25.7 Å². The number of aromatic amines is 1. The number of hydrogen-bond donors (Lipinski definition) is 2. The van der Waals surface area contributed by atoms with Crippen LogP contribution in [0.25, 0.3) is 33.1 Å². The van der Waals surface area contributed by atoms with Crippen molar-refractivity contribution >= 4 is 27.8 Å². The fraction of sp³-hybridized carbons (Fsp3) is 0.458. The molecular weight excluding hydrogens is 402 g/mol. The van der Waals surface area contributed by atoms with Gasteiger partial charge in [0.2, 0.25) is 0 Å². The van der Waals surface area contributed by atoms with Crippen LogP contribution < -0.4 is 5.32 Å². The largest absolute Gasteiger partial charge is 0.379 e. The summed E-state index contributed by atoms with van der Waals surface area (Å²) in [6.07, 6.45) is 10.4. The first-order valence-corrected chi connectivity index (χ1v) is 11.6. The zero-order chi connectivity index (χ0) is 21.5. The second-order valence-corrected chi connectivity index (χ2v) is 9.03. The van der Waals surface area contributed by atoms with Crippen LogP contribution in [0, 0.1) is 0 Å². The normalized spacial score (nSPS) is 22.5. The number of fused-ring (bicyclic) bond motifs is 3. The fourth-order valence-electron chi connectivity index (χ4n) is 5.30. The minimum Gasteiger partial charge on any atom is -0.379 e. The molecule has 0 bridgehead atoms. The molecule has 2 fully saturated rings.